The van der Waals surface area contributed by atoms with Gasteiger partial charge in [-0.05, 0) is 55.4 Å². The summed E-state index contributed by atoms with van der Waals surface area (Å²) in [6, 6.07) is 5.40. The van der Waals surface area contributed by atoms with E-state index in [-0.39, 0.29) is 34.6 Å². The molecule has 1 N–H and O–H groups in total. The predicted molar refractivity (Wildman–Crippen MR) is 107 cm³/mol. The molecule has 2 aliphatic carbocycles. The first-order chi connectivity index (χ1) is 14.5. The molecule has 0 bridgehead atoms. The molecular formula is C23H20F2N2O3. The third-order valence-electron chi connectivity index (χ3n) is 5.93. The monoisotopic (exact) mass is 410 g/mol. The number of aromatic nitrogens is 2. The van der Waals surface area contributed by atoms with Gasteiger partial charge in [0.2, 0.25) is 0 Å². The Morgan fingerprint density at radius 1 is 1.00 bits per heavy atom. The molecule has 154 valence electrons. The molecule has 1 aromatic heterocycles. The molecule has 2 fully saturated rings. The summed E-state index contributed by atoms with van der Waals surface area (Å²) in [4.78, 5) is 20.1. The van der Waals surface area contributed by atoms with Crippen LogP contribution in [0.2, 0.25) is 0 Å². The molecule has 0 spiro atoms. The number of aromatic carboxylic acids is 1. The molecule has 30 heavy (non-hydrogen) atoms. The van der Waals surface area contributed by atoms with Crippen molar-refractivity contribution in [2.75, 3.05) is 0 Å². The Bertz CT molecular complexity index is 1150. The Kier molecular flexibility index (Phi) is 4.60. The number of benzene rings is 2. The molecule has 0 radical (unpaired) electrons. The van der Waals surface area contributed by atoms with Crippen molar-refractivity contribution in [2.45, 2.75) is 50.5 Å². The molecule has 1 heterocycles. The van der Waals surface area contributed by atoms with Crippen molar-refractivity contribution in [1.82, 2.24) is 9.97 Å². The maximum atomic E-state index is 15.0. The molecule has 0 amide bonds. The minimum Gasteiger partial charge on any atom is -0.487 e. The number of ether oxygens (including phenoxy) is 1. The lowest BCUT2D eigenvalue weighted by atomic mass is 9.89. The van der Waals surface area contributed by atoms with E-state index in [0.717, 1.165) is 44.6 Å². The molecule has 2 aromatic carbocycles. The minimum absolute atomic E-state index is 0.0205. The lowest BCUT2D eigenvalue weighted by Crippen LogP contribution is -2.08. The average Bonchev–Trinajstić information content (AvgIpc) is 3.37. The molecule has 3 aromatic rings. The zero-order chi connectivity index (χ0) is 20.8. The maximum Gasteiger partial charge on any atom is 0.336 e. The van der Waals surface area contributed by atoms with Crippen molar-refractivity contribution in [2.24, 2.45) is 0 Å². The molecule has 5 nitrogen and oxygen atoms in total. The summed E-state index contributed by atoms with van der Waals surface area (Å²) in [7, 11) is 0. The van der Waals surface area contributed by atoms with Gasteiger partial charge < -0.3 is 9.84 Å². The van der Waals surface area contributed by atoms with Crippen LogP contribution in [0, 0.1) is 11.6 Å². The molecule has 2 aliphatic rings. The molecule has 0 atom stereocenters. The molecule has 2 saturated carbocycles. The molecule has 0 unspecified atom stereocenters. The smallest absolute Gasteiger partial charge is 0.336 e. The van der Waals surface area contributed by atoms with Crippen molar-refractivity contribution >= 4 is 16.9 Å². The van der Waals surface area contributed by atoms with Gasteiger partial charge in [-0.15, -0.1) is 0 Å². The van der Waals surface area contributed by atoms with E-state index in [0.29, 0.717) is 16.5 Å². The summed E-state index contributed by atoms with van der Waals surface area (Å²) >= 11 is 0. The zero-order valence-corrected chi connectivity index (χ0v) is 16.2. The van der Waals surface area contributed by atoms with Crippen molar-refractivity contribution in [3.8, 4) is 17.0 Å². The van der Waals surface area contributed by atoms with Crippen LogP contribution in [0.1, 0.15) is 60.4 Å². The van der Waals surface area contributed by atoms with Crippen LogP contribution in [0.15, 0.2) is 30.6 Å². The number of carboxylic acid groups (broad SMARTS) is 1. The van der Waals surface area contributed by atoms with E-state index in [1.54, 1.807) is 6.07 Å². The standard InChI is InChI=1S/C23H20F2N2O3/c24-18-8-15(23(28)29)14(12-3-1-2-4-12)7-16(18)22-17-9-19(25)21(30-13-5-6-13)10-20(17)26-11-27-22/h7-13H,1-6H2,(H,28,29). The number of hydrogen-bond acceptors (Lipinski definition) is 4. The van der Waals surface area contributed by atoms with Gasteiger partial charge in [0.15, 0.2) is 11.6 Å². The van der Waals surface area contributed by atoms with E-state index in [2.05, 4.69) is 9.97 Å². The normalized spacial score (nSPS) is 16.9. The van der Waals surface area contributed by atoms with Crippen molar-refractivity contribution in [3.05, 3.63) is 53.4 Å². The minimum atomic E-state index is -1.15. The third kappa shape index (κ3) is 3.38. The summed E-state index contributed by atoms with van der Waals surface area (Å²) in [5.74, 6) is -2.21. The summed E-state index contributed by atoms with van der Waals surface area (Å²) in [5, 5.41) is 9.93. The van der Waals surface area contributed by atoms with E-state index >= 15 is 4.39 Å². The molecule has 0 aliphatic heterocycles. The maximum absolute atomic E-state index is 15.0. The zero-order valence-electron chi connectivity index (χ0n) is 16.2. The van der Waals surface area contributed by atoms with Gasteiger partial charge in [-0.1, -0.05) is 12.8 Å². The Morgan fingerprint density at radius 2 is 1.77 bits per heavy atom. The fourth-order valence-corrected chi connectivity index (χ4v) is 4.26. The first-order valence-electron chi connectivity index (χ1n) is 10.2. The van der Waals surface area contributed by atoms with Gasteiger partial charge in [0.1, 0.15) is 12.1 Å². The van der Waals surface area contributed by atoms with Crippen LogP contribution in [-0.4, -0.2) is 27.1 Å². The van der Waals surface area contributed by atoms with Crippen LogP contribution in [0.3, 0.4) is 0 Å². The Morgan fingerprint density at radius 3 is 2.47 bits per heavy atom. The van der Waals surface area contributed by atoms with E-state index in [4.69, 9.17) is 4.74 Å². The van der Waals surface area contributed by atoms with E-state index in [9.17, 15) is 14.3 Å². The van der Waals surface area contributed by atoms with Gasteiger partial charge in [0.25, 0.3) is 0 Å². The van der Waals surface area contributed by atoms with Crippen LogP contribution in [0.25, 0.3) is 22.2 Å². The summed E-state index contributed by atoms with van der Waals surface area (Å²) in [5.41, 5.74) is 1.43. The third-order valence-corrected chi connectivity index (χ3v) is 5.93. The van der Waals surface area contributed by atoms with Gasteiger partial charge in [-0.3, -0.25) is 0 Å². The SMILES string of the molecule is O=C(O)c1cc(F)c(-c2ncnc3cc(OC4CC4)c(F)cc23)cc1C1CCCC1. The topological polar surface area (TPSA) is 72.3 Å². The van der Waals surface area contributed by atoms with E-state index < -0.39 is 17.6 Å². The van der Waals surface area contributed by atoms with Gasteiger partial charge in [0, 0.05) is 17.0 Å². The summed E-state index contributed by atoms with van der Waals surface area (Å²) in [6.07, 6.45) is 6.90. The van der Waals surface area contributed by atoms with Crippen LogP contribution >= 0.6 is 0 Å². The number of nitrogens with zero attached hydrogens (tertiary/aromatic N) is 2. The molecule has 5 rings (SSSR count). The number of halogens is 2. The number of carbonyl (C=O) groups is 1. The van der Waals surface area contributed by atoms with Gasteiger partial charge in [-0.25, -0.2) is 23.5 Å². The lowest BCUT2D eigenvalue weighted by Gasteiger charge is -2.16. The molecular weight excluding hydrogens is 390 g/mol. The fraction of sp³-hybridized carbons (Fsp3) is 0.348. The number of carboxylic acids is 1. The Hall–Kier alpha value is -3.09. The largest absolute Gasteiger partial charge is 0.487 e. The van der Waals surface area contributed by atoms with Gasteiger partial charge in [0.05, 0.1) is 22.9 Å². The highest BCUT2D eigenvalue weighted by Gasteiger charge is 2.27. The molecule has 0 saturated heterocycles. The summed E-state index contributed by atoms with van der Waals surface area (Å²) < 4.78 is 35.2. The fourth-order valence-electron chi connectivity index (χ4n) is 4.26. The Balaban J connectivity index is 1.66. The van der Waals surface area contributed by atoms with Crippen molar-refractivity contribution < 1.29 is 23.4 Å². The van der Waals surface area contributed by atoms with Gasteiger partial charge >= 0.3 is 5.97 Å². The molecule has 7 heteroatoms. The summed E-state index contributed by atoms with van der Waals surface area (Å²) in [6.45, 7) is 0. The highest BCUT2D eigenvalue weighted by molar-refractivity contribution is 5.95. The Labute approximate surface area is 171 Å². The first kappa shape index (κ1) is 18.9. The van der Waals surface area contributed by atoms with Crippen molar-refractivity contribution in [1.29, 1.82) is 0 Å². The van der Waals surface area contributed by atoms with Gasteiger partial charge in [-0.2, -0.15) is 0 Å². The number of fused-ring (bicyclic) bond motifs is 1. The number of rotatable bonds is 5. The lowest BCUT2D eigenvalue weighted by molar-refractivity contribution is 0.0694. The second kappa shape index (κ2) is 7.31. The van der Waals surface area contributed by atoms with Crippen LogP contribution in [0.5, 0.6) is 5.75 Å². The quantitative estimate of drug-likeness (QED) is 0.604. The predicted octanol–water partition coefficient (Wildman–Crippen LogP) is 5.47. The van der Waals surface area contributed by atoms with Crippen LogP contribution < -0.4 is 4.74 Å². The van der Waals surface area contributed by atoms with E-state index in [1.165, 1.54) is 18.5 Å². The number of hydrogen-bond donors (Lipinski definition) is 1. The second-order valence-corrected chi connectivity index (χ2v) is 8.05. The highest BCUT2D eigenvalue weighted by Crippen LogP contribution is 2.40. The van der Waals surface area contributed by atoms with Crippen molar-refractivity contribution in [3.63, 3.8) is 0 Å². The van der Waals surface area contributed by atoms with Crippen LogP contribution in [0.4, 0.5) is 8.78 Å². The first-order valence-corrected chi connectivity index (χ1v) is 10.2. The average molecular weight is 410 g/mol. The van der Waals surface area contributed by atoms with E-state index in [1.807, 2.05) is 0 Å². The highest BCUT2D eigenvalue weighted by atomic mass is 19.1. The van der Waals surface area contributed by atoms with Crippen LogP contribution in [-0.2, 0) is 0 Å². The second-order valence-electron chi connectivity index (χ2n) is 8.05.